The second-order valence-corrected chi connectivity index (χ2v) is 3.89. The van der Waals surface area contributed by atoms with E-state index in [9.17, 15) is 14.4 Å². The molecule has 0 unspecified atom stereocenters. The maximum absolute atomic E-state index is 11.7. The van der Waals surface area contributed by atoms with E-state index in [1.165, 1.54) is 19.1 Å². The molecule has 0 saturated carbocycles. The van der Waals surface area contributed by atoms with E-state index < -0.39 is 17.9 Å². The molecule has 5 nitrogen and oxygen atoms in total. The Morgan fingerprint density at radius 1 is 1.17 bits per heavy atom. The maximum Gasteiger partial charge on any atom is 0.325 e. The van der Waals surface area contributed by atoms with Crippen LogP contribution in [0.3, 0.4) is 0 Å². The standard InChI is InChI=1S/C13H15NO4/c1-3-11(15)9-4-6-10(7-5-9)12(16)14-8(2)13(17)18/h4-8H,3H2,1-2H3,(H,14,16)(H,17,18)/t8-/m1/s1. The lowest BCUT2D eigenvalue weighted by Crippen LogP contribution is -2.38. The third-order valence-corrected chi connectivity index (χ3v) is 2.51. The molecule has 1 aromatic carbocycles. The number of benzene rings is 1. The van der Waals surface area contributed by atoms with Gasteiger partial charge >= 0.3 is 5.97 Å². The van der Waals surface area contributed by atoms with Gasteiger partial charge in [0.15, 0.2) is 5.78 Å². The van der Waals surface area contributed by atoms with Crippen LogP contribution in [0, 0.1) is 0 Å². The van der Waals surface area contributed by atoms with E-state index in [4.69, 9.17) is 5.11 Å². The monoisotopic (exact) mass is 249 g/mol. The fraction of sp³-hybridized carbons (Fsp3) is 0.308. The number of rotatable bonds is 5. The van der Waals surface area contributed by atoms with Crippen LogP contribution in [0.4, 0.5) is 0 Å². The highest BCUT2D eigenvalue weighted by atomic mass is 16.4. The second kappa shape index (κ2) is 5.95. The minimum atomic E-state index is -1.10. The van der Waals surface area contributed by atoms with Crippen molar-refractivity contribution in [2.24, 2.45) is 0 Å². The molecule has 0 radical (unpaired) electrons. The van der Waals surface area contributed by atoms with Gasteiger partial charge in [0, 0.05) is 17.5 Å². The minimum absolute atomic E-state index is 0.000798. The van der Waals surface area contributed by atoms with Gasteiger partial charge in [-0.1, -0.05) is 19.1 Å². The van der Waals surface area contributed by atoms with E-state index in [0.29, 0.717) is 17.5 Å². The predicted molar refractivity (Wildman–Crippen MR) is 65.6 cm³/mol. The number of carbonyl (C=O) groups excluding carboxylic acids is 2. The maximum atomic E-state index is 11.7. The summed E-state index contributed by atoms with van der Waals surface area (Å²) in [6.07, 6.45) is 0.404. The van der Waals surface area contributed by atoms with Gasteiger partial charge in [0.25, 0.3) is 5.91 Å². The fourth-order valence-corrected chi connectivity index (χ4v) is 1.35. The number of hydrogen-bond acceptors (Lipinski definition) is 3. The van der Waals surface area contributed by atoms with Crippen molar-refractivity contribution in [1.82, 2.24) is 5.32 Å². The molecular formula is C13H15NO4. The molecular weight excluding hydrogens is 234 g/mol. The molecule has 0 aliphatic rings. The quantitative estimate of drug-likeness (QED) is 0.774. The van der Waals surface area contributed by atoms with Crippen molar-refractivity contribution in [3.8, 4) is 0 Å². The van der Waals surface area contributed by atoms with Gasteiger partial charge in [-0.05, 0) is 19.1 Å². The summed E-state index contributed by atoms with van der Waals surface area (Å²) >= 11 is 0. The number of nitrogens with one attached hydrogen (secondary N) is 1. The largest absolute Gasteiger partial charge is 0.480 e. The molecule has 0 bridgehead atoms. The van der Waals surface area contributed by atoms with Crippen LogP contribution in [-0.4, -0.2) is 28.8 Å². The lowest BCUT2D eigenvalue weighted by molar-refractivity contribution is -0.138. The Balaban J connectivity index is 2.76. The van der Waals surface area contributed by atoms with Crippen LogP contribution in [0.1, 0.15) is 41.0 Å². The van der Waals surface area contributed by atoms with Crippen molar-refractivity contribution in [3.05, 3.63) is 35.4 Å². The molecule has 0 aliphatic heterocycles. The molecule has 96 valence electrons. The first-order valence-corrected chi connectivity index (χ1v) is 5.62. The highest BCUT2D eigenvalue weighted by Crippen LogP contribution is 2.07. The molecule has 0 aliphatic carbocycles. The zero-order chi connectivity index (χ0) is 13.7. The van der Waals surface area contributed by atoms with E-state index in [0.717, 1.165) is 0 Å². The van der Waals surface area contributed by atoms with E-state index in [1.807, 2.05) is 0 Å². The summed E-state index contributed by atoms with van der Waals surface area (Å²) in [4.78, 5) is 33.6. The van der Waals surface area contributed by atoms with Gasteiger partial charge in [-0.25, -0.2) is 0 Å². The average Bonchev–Trinajstić information content (AvgIpc) is 2.37. The summed E-state index contributed by atoms with van der Waals surface area (Å²) < 4.78 is 0. The SMILES string of the molecule is CCC(=O)c1ccc(C(=O)N[C@H](C)C(=O)O)cc1. The molecule has 0 aromatic heterocycles. The number of ketones is 1. The van der Waals surface area contributed by atoms with Gasteiger partial charge in [-0.2, -0.15) is 0 Å². The summed E-state index contributed by atoms with van der Waals surface area (Å²) in [6, 6.07) is 5.19. The normalized spacial score (nSPS) is 11.7. The zero-order valence-corrected chi connectivity index (χ0v) is 10.3. The van der Waals surface area contributed by atoms with Crippen LogP contribution in [0.5, 0.6) is 0 Å². The van der Waals surface area contributed by atoms with Crippen LogP contribution < -0.4 is 5.32 Å². The lowest BCUT2D eigenvalue weighted by atomic mass is 10.1. The Kier molecular flexibility index (Phi) is 4.59. The first kappa shape index (κ1) is 13.9. The second-order valence-electron chi connectivity index (χ2n) is 3.89. The number of carboxylic acids is 1. The summed E-state index contributed by atoms with van der Waals surface area (Å²) in [6.45, 7) is 3.15. The first-order valence-electron chi connectivity index (χ1n) is 5.62. The summed E-state index contributed by atoms with van der Waals surface area (Å²) in [5.41, 5.74) is 0.871. The summed E-state index contributed by atoms with van der Waals surface area (Å²) in [7, 11) is 0. The number of carboxylic acid groups (broad SMARTS) is 1. The molecule has 1 aromatic rings. The average molecular weight is 249 g/mol. The predicted octanol–water partition coefficient (Wildman–Crippen LogP) is 1.48. The topological polar surface area (TPSA) is 83.5 Å². The van der Waals surface area contributed by atoms with Crippen molar-refractivity contribution in [2.75, 3.05) is 0 Å². The highest BCUT2D eigenvalue weighted by Gasteiger charge is 2.15. The first-order chi connectivity index (χ1) is 8.45. The van der Waals surface area contributed by atoms with Crippen LogP contribution >= 0.6 is 0 Å². The minimum Gasteiger partial charge on any atom is -0.480 e. The van der Waals surface area contributed by atoms with Gasteiger partial charge in [0.05, 0.1) is 0 Å². The molecule has 0 spiro atoms. The molecule has 1 amide bonds. The fourth-order valence-electron chi connectivity index (χ4n) is 1.35. The number of aliphatic carboxylic acids is 1. The lowest BCUT2D eigenvalue weighted by Gasteiger charge is -2.09. The smallest absolute Gasteiger partial charge is 0.325 e. The van der Waals surface area contributed by atoms with Crippen molar-refractivity contribution in [3.63, 3.8) is 0 Å². The molecule has 1 rings (SSSR count). The van der Waals surface area contributed by atoms with E-state index in [-0.39, 0.29) is 5.78 Å². The summed E-state index contributed by atoms with van der Waals surface area (Å²) in [5.74, 6) is -1.57. The number of carbonyl (C=O) groups is 3. The van der Waals surface area contributed by atoms with Crippen molar-refractivity contribution < 1.29 is 19.5 Å². The third kappa shape index (κ3) is 3.41. The zero-order valence-electron chi connectivity index (χ0n) is 10.3. The van der Waals surface area contributed by atoms with Crippen molar-refractivity contribution in [1.29, 1.82) is 0 Å². The van der Waals surface area contributed by atoms with Crippen LogP contribution in [0.25, 0.3) is 0 Å². The van der Waals surface area contributed by atoms with Gasteiger partial charge in [-0.3, -0.25) is 14.4 Å². The molecule has 2 N–H and O–H groups in total. The Morgan fingerprint density at radius 2 is 1.67 bits per heavy atom. The van der Waals surface area contributed by atoms with Gasteiger partial charge in [-0.15, -0.1) is 0 Å². The Morgan fingerprint density at radius 3 is 2.11 bits per heavy atom. The molecule has 0 heterocycles. The number of Topliss-reactive ketones (excluding diaryl/α,β-unsaturated/α-hetero) is 1. The highest BCUT2D eigenvalue weighted by molar-refractivity contribution is 5.99. The van der Waals surface area contributed by atoms with Gasteiger partial charge in [0.2, 0.25) is 0 Å². The molecule has 18 heavy (non-hydrogen) atoms. The molecule has 5 heteroatoms. The summed E-state index contributed by atoms with van der Waals surface area (Å²) in [5, 5.41) is 11.0. The van der Waals surface area contributed by atoms with E-state index in [1.54, 1.807) is 19.1 Å². The molecule has 0 fully saturated rings. The molecule has 1 atom stereocenters. The van der Waals surface area contributed by atoms with Crippen molar-refractivity contribution >= 4 is 17.7 Å². The Labute approximate surface area is 105 Å². The van der Waals surface area contributed by atoms with E-state index in [2.05, 4.69) is 5.32 Å². The Hall–Kier alpha value is -2.17. The third-order valence-electron chi connectivity index (χ3n) is 2.51. The Bertz CT molecular complexity index is 464. The van der Waals surface area contributed by atoms with Gasteiger partial charge in [0.1, 0.15) is 6.04 Å². The van der Waals surface area contributed by atoms with Crippen LogP contribution in [-0.2, 0) is 4.79 Å². The number of hydrogen-bond donors (Lipinski definition) is 2. The van der Waals surface area contributed by atoms with Crippen molar-refractivity contribution in [2.45, 2.75) is 26.3 Å². The van der Waals surface area contributed by atoms with Gasteiger partial charge < -0.3 is 10.4 Å². The molecule has 0 saturated heterocycles. The number of amides is 1. The van der Waals surface area contributed by atoms with Crippen LogP contribution in [0.15, 0.2) is 24.3 Å². The van der Waals surface area contributed by atoms with Crippen LogP contribution in [0.2, 0.25) is 0 Å². The van der Waals surface area contributed by atoms with E-state index >= 15 is 0 Å².